The third kappa shape index (κ3) is 5.52. The lowest BCUT2D eigenvalue weighted by Gasteiger charge is -2.21. The number of amides is 2. The summed E-state index contributed by atoms with van der Waals surface area (Å²) in [4.78, 5) is 37.0. The van der Waals surface area contributed by atoms with E-state index in [9.17, 15) is 19.7 Å². The molecule has 3 rings (SSSR count). The van der Waals surface area contributed by atoms with Crippen LogP contribution in [0.25, 0.3) is 0 Å². The van der Waals surface area contributed by atoms with Crippen LogP contribution in [0.15, 0.2) is 78.9 Å². The van der Waals surface area contributed by atoms with Crippen molar-refractivity contribution in [3.05, 3.63) is 100 Å². The minimum Gasteiger partial charge on any atom is -0.332 e. The second-order valence-corrected chi connectivity index (χ2v) is 7.08. The van der Waals surface area contributed by atoms with Crippen LogP contribution in [0, 0.1) is 10.1 Å². The average molecular weight is 449 g/mol. The number of nitro groups is 1. The van der Waals surface area contributed by atoms with Gasteiger partial charge >= 0.3 is 0 Å². The van der Waals surface area contributed by atoms with Gasteiger partial charge in [0.25, 0.3) is 17.5 Å². The predicted molar refractivity (Wildman–Crippen MR) is 127 cm³/mol. The molecule has 162 valence electrons. The summed E-state index contributed by atoms with van der Waals surface area (Å²) in [5.74, 6) is -0.620. The van der Waals surface area contributed by atoms with Gasteiger partial charge in [0, 0.05) is 41.2 Å². The molecule has 0 fully saturated rings. The molecule has 0 heterocycles. The number of para-hydroxylation sites is 1. The number of carbonyl (C=O) groups is 2. The predicted octanol–water partition coefficient (Wildman–Crippen LogP) is 4.39. The molecule has 0 bridgehead atoms. The molecular weight excluding hydrogens is 428 g/mol. The van der Waals surface area contributed by atoms with E-state index in [2.05, 4.69) is 10.6 Å². The molecule has 0 saturated heterocycles. The molecule has 0 unspecified atom stereocenters. The monoisotopic (exact) mass is 448 g/mol. The van der Waals surface area contributed by atoms with Crippen LogP contribution in [0.1, 0.15) is 27.6 Å². The van der Waals surface area contributed by atoms with E-state index in [4.69, 9.17) is 12.2 Å². The van der Waals surface area contributed by atoms with Gasteiger partial charge in [0.15, 0.2) is 5.11 Å². The maximum Gasteiger partial charge on any atom is 0.269 e. The van der Waals surface area contributed by atoms with Gasteiger partial charge in [-0.2, -0.15) is 0 Å². The highest BCUT2D eigenvalue weighted by molar-refractivity contribution is 7.80. The molecule has 8 nitrogen and oxygen atoms in total. The van der Waals surface area contributed by atoms with Crippen molar-refractivity contribution in [2.45, 2.75) is 6.92 Å². The Hall–Kier alpha value is -4.11. The number of hydrogen-bond donors (Lipinski definition) is 2. The summed E-state index contributed by atoms with van der Waals surface area (Å²) in [7, 11) is 0. The van der Waals surface area contributed by atoms with Crippen molar-refractivity contribution >= 4 is 46.2 Å². The average Bonchev–Trinajstić information content (AvgIpc) is 2.80. The summed E-state index contributed by atoms with van der Waals surface area (Å²) >= 11 is 5.16. The van der Waals surface area contributed by atoms with Crippen LogP contribution in [-0.4, -0.2) is 28.4 Å². The van der Waals surface area contributed by atoms with Gasteiger partial charge in [-0.3, -0.25) is 25.0 Å². The van der Waals surface area contributed by atoms with Crippen molar-refractivity contribution in [1.82, 2.24) is 5.32 Å². The molecule has 3 aromatic rings. The Morgan fingerprint density at radius 2 is 1.53 bits per heavy atom. The van der Waals surface area contributed by atoms with E-state index < -0.39 is 10.8 Å². The van der Waals surface area contributed by atoms with E-state index in [1.54, 1.807) is 29.2 Å². The summed E-state index contributed by atoms with van der Waals surface area (Å²) < 4.78 is 0. The van der Waals surface area contributed by atoms with E-state index in [1.807, 2.05) is 37.3 Å². The Labute approximate surface area is 190 Å². The summed E-state index contributed by atoms with van der Waals surface area (Å²) in [6.45, 7) is 2.44. The van der Waals surface area contributed by atoms with Crippen LogP contribution in [-0.2, 0) is 0 Å². The molecule has 0 aliphatic carbocycles. The third-order valence-electron chi connectivity index (χ3n) is 4.59. The van der Waals surface area contributed by atoms with Gasteiger partial charge < -0.3 is 10.2 Å². The van der Waals surface area contributed by atoms with Gasteiger partial charge in [0.1, 0.15) is 0 Å². The van der Waals surface area contributed by atoms with Crippen molar-refractivity contribution in [3.63, 3.8) is 0 Å². The fraction of sp³-hybridized carbons (Fsp3) is 0.0870. The standard InChI is InChI=1S/C23H20N4O4S/c1-2-26(19-6-4-3-5-7-19)22(29)17-8-12-18(13-9-17)24-23(32)25-21(28)16-10-14-20(15-11-16)27(30)31/h3-15H,2H2,1H3,(H2,24,25,28,32). The van der Waals surface area contributed by atoms with Crippen LogP contribution >= 0.6 is 12.2 Å². The molecule has 0 aliphatic rings. The van der Waals surface area contributed by atoms with Crippen LogP contribution in [0.5, 0.6) is 0 Å². The highest BCUT2D eigenvalue weighted by Gasteiger charge is 2.16. The Morgan fingerprint density at radius 1 is 0.938 bits per heavy atom. The first-order valence-electron chi connectivity index (χ1n) is 9.73. The fourth-order valence-corrected chi connectivity index (χ4v) is 3.19. The molecule has 0 atom stereocenters. The molecule has 3 aromatic carbocycles. The summed E-state index contributed by atoms with van der Waals surface area (Å²) in [5, 5.41) is 16.2. The molecular formula is C23H20N4O4S. The normalized spacial score (nSPS) is 10.2. The minimum absolute atomic E-state index is 0.0619. The largest absolute Gasteiger partial charge is 0.332 e. The van der Waals surface area contributed by atoms with Crippen molar-refractivity contribution < 1.29 is 14.5 Å². The third-order valence-corrected chi connectivity index (χ3v) is 4.79. The zero-order chi connectivity index (χ0) is 23.1. The Morgan fingerprint density at radius 3 is 2.09 bits per heavy atom. The van der Waals surface area contributed by atoms with Crippen LogP contribution < -0.4 is 15.5 Å². The molecule has 0 aliphatic heterocycles. The van der Waals surface area contributed by atoms with Crippen molar-refractivity contribution in [2.75, 3.05) is 16.8 Å². The first kappa shape index (κ1) is 22.6. The zero-order valence-electron chi connectivity index (χ0n) is 17.1. The number of thiocarbonyl (C=S) groups is 1. The first-order valence-corrected chi connectivity index (χ1v) is 10.1. The van der Waals surface area contributed by atoms with Crippen molar-refractivity contribution in [3.8, 4) is 0 Å². The van der Waals surface area contributed by atoms with E-state index in [-0.39, 0.29) is 22.3 Å². The first-order chi connectivity index (χ1) is 15.4. The summed E-state index contributed by atoms with van der Waals surface area (Å²) in [6.07, 6.45) is 0. The lowest BCUT2D eigenvalue weighted by atomic mass is 10.1. The van der Waals surface area contributed by atoms with Gasteiger partial charge in [-0.15, -0.1) is 0 Å². The highest BCUT2D eigenvalue weighted by Crippen LogP contribution is 2.18. The lowest BCUT2D eigenvalue weighted by molar-refractivity contribution is -0.384. The lowest BCUT2D eigenvalue weighted by Crippen LogP contribution is -2.34. The Balaban J connectivity index is 1.61. The maximum atomic E-state index is 12.9. The zero-order valence-corrected chi connectivity index (χ0v) is 18.0. The molecule has 9 heteroatoms. The van der Waals surface area contributed by atoms with E-state index in [0.29, 0.717) is 17.8 Å². The summed E-state index contributed by atoms with van der Waals surface area (Å²) in [6, 6.07) is 21.3. The number of nitrogens with zero attached hydrogens (tertiary/aromatic N) is 2. The molecule has 0 spiro atoms. The number of nitro benzene ring substituents is 1. The van der Waals surface area contributed by atoms with Crippen LogP contribution in [0.4, 0.5) is 17.1 Å². The van der Waals surface area contributed by atoms with Gasteiger partial charge in [-0.25, -0.2) is 0 Å². The molecule has 0 radical (unpaired) electrons. The molecule has 0 aromatic heterocycles. The van der Waals surface area contributed by atoms with Gasteiger partial charge in [0.2, 0.25) is 0 Å². The molecule has 2 N–H and O–H groups in total. The number of benzene rings is 3. The van der Waals surface area contributed by atoms with Gasteiger partial charge in [-0.05, 0) is 67.7 Å². The number of carbonyl (C=O) groups excluding carboxylic acids is 2. The number of non-ortho nitro benzene ring substituents is 1. The van der Waals surface area contributed by atoms with Crippen molar-refractivity contribution in [2.24, 2.45) is 0 Å². The Bertz CT molecular complexity index is 1130. The van der Waals surface area contributed by atoms with Crippen molar-refractivity contribution in [1.29, 1.82) is 0 Å². The minimum atomic E-state index is -0.540. The summed E-state index contributed by atoms with van der Waals surface area (Å²) in [5.41, 5.74) is 2.06. The number of anilines is 2. The van der Waals surface area contributed by atoms with E-state index in [0.717, 1.165) is 5.69 Å². The second kappa shape index (κ2) is 10.3. The highest BCUT2D eigenvalue weighted by atomic mass is 32.1. The number of hydrogen-bond acceptors (Lipinski definition) is 5. The fourth-order valence-electron chi connectivity index (χ4n) is 2.98. The molecule has 0 saturated carbocycles. The second-order valence-electron chi connectivity index (χ2n) is 6.67. The molecule has 2 amide bonds. The SMILES string of the molecule is CCN(C(=O)c1ccc(NC(=S)NC(=O)c2ccc([N+](=O)[O-])cc2)cc1)c1ccccc1. The van der Waals surface area contributed by atoms with Crippen LogP contribution in [0.2, 0.25) is 0 Å². The van der Waals surface area contributed by atoms with Crippen LogP contribution in [0.3, 0.4) is 0 Å². The van der Waals surface area contributed by atoms with E-state index >= 15 is 0 Å². The maximum absolute atomic E-state index is 12.9. The molecule has 32 heavy (non-hydrogen) atoms. The quantitative estimate of drug-likeness (QED) is 0.329. The number of nitrogens with one attached hydrogen (secondary N) is 2. The Kier molecular flexibility index (Phi) is 7.25. The van der Waals surface area contributed by atoms with E-state index in [1.165, 1.54) is 24.3 Å². The number of rotatable bonds is 6. The van der Waals surface area contributed by atoms with Gasteiger partial charge in [-0.1, -0.05) is 18.2 Å². The smallest absolute Gasteiger partial charge is 0.269 e. The topological polar surface area (TPSA) is 105 Å². The van der Waals surface area contributed by atoms with Gasteiger partial charge in [0.05, 0.1) is 4.92 Å².